The van der Waals surface area contributed by atoms with E-state index >= 15 is 0 Å². The largest absolute Gasteiger partial charge is 0.496 e. The molecule has 0 aromatic heterocycles. The molecule has 0 aliphatic carbocycles. The molecule has 0 heterocycles. The van der Waals surface area contributed by atoms with Crippen LogP contribution in [0.4, 0.5) is 0 Å². The highest BCUT2D eigenvalue weighted by Crippen LogP contribution is 2.22. The molecule has 1 aromatic carbocycles. The van der Waals surface area contributed by atoms with Crippen LogP contribution < -0.4 is 10.1 Å². The van der Waals surface area contributed by atoms with E-state index in [4.69, 9.17) is 14.2 Å². The predicted molar refractivity (Wildman–Crippen MR) is 84.3 cm³/mol. The molecule has 5 heteroatoms. The summed E-state index contributed by atoms with van der Waals surface area (Å²) in [7, 11) is 3.38. The van der Waals surface area contributed by atoms with Gasteiger partial charge in [0.2, 0.25) is 0 Å². The van der Waals surface area contributed by atoms with E-state index in [0.717, 1.165) is 42.8 Å². The van der Waals surface area contributed by atoms with Gasteiger partial charge in [0, 0.05) is 30.3 Å². The summed E-state index contributed by atoms with van der Waals surface area (Å²) in [5.41, 5.74) is 1.17. The van der Waals surface area contributed by atoms with Crippen LogP contribution in [0.5, 0.6) is 5.75 Å². The van der Waals surface area contributed by atoms with E-state index in [1.165, 1.54) is 5.56 Å². The van der Waals surface area contributed by atoms with E-state index in [-0.39, 0.29) is 0 Å². The monoisotopic (exact) mass is 345 g/mol. The van der Waals surface area contributed by atoms with Gasteiger partial charge in [-0.3, -0.25) is 0 Å². The average Bonchev–Trinajstić information content (AvgIpc) is 2.46. The van der Waals surface area contributed by atoms with Crippen LogP contribution in [0.15, 0.2) is 22.7 Å². The fourth-order valence-electron chi connectivity index (χ4n) is 1.81. The number of unbranched alkanes of at least 4 members (excludes halogenated alkanes) is 1. The summed E-state index contributed by atoms with van der Waals surface area (Å²) in [4.78, 5) is 0. The van der Waals surface area contributed by atoms with Crippen molar-refractivity contribution in [1.29, 1.82) is 0 Å². The molecular formula is C15H24BrNO3. The number of hydrogen-bond acceptors (Lipinski definition) is 4. The minimum Gasteiger partial charge on any atom is -0.496 e. The lowest BCUT2D eigenvalue weighted by atomic mass is 10.2. The topological polar surface area (TPSA) is 39.7 Å². The van der Waals surface area contributed by atoms with Crippen molar-refractivity contribution >= 4 is 15.9 Å². The quantitative estimate of drug-likeness (QED) is 0.626. The Hall–Kier alpha value is -0.620. The zero-order valence-electron chi connectivity index (χ0n) is 12.3. The Balaban J connectivity index is 2.10. The van der Waals surface area contributed by atoms with Crippen LogP contribution in [0.25, 0.3) is 0 Å². The number of ether oxygens (including phenoxy) is 3. The minimum atomic E-state index is 0.668. The van der Waals surface area contributed by atoms with E-state index in [9.17, 15) is 0 Å². The minimum absolute atomic E-state index is 0.668. The molecule has 1 aromatic rings. The predicted octanol–water partition coefficient (Wildman–Crippen LogP) is 2.99. The molecule has 114 valence electrons. The first-order chi connectivity index (χ1) is 9.77. The smallest absolute Gasteiger partial charge is 0.123 e. The molecule has 0 aliphatic heterocycles. The number of methoxy groups -OCH3 is 2. The molecule has 4 nitrogen and oxygen atoms in total. The SMILES string of the molecule is COCCOCCCCNCc1cc(Br)ccc1OC. The zero-order chi connectivity index (χ0) is 14.6. The summed E-state index contributed by atoms with van der Waals surface area (Å²) >= 11 is 3.48. The van der Waals surface area contributed by atoms with E-state index in [2.05, 4.69) is 27.3 Å². The van der Waals surface area contributed by atoms with Gasteiger partial charge in [-0.15, -0.1) is 0 Å². The number of halogens is 1. The Kier molecular flexibility index (Phi) is 9.66. The highest BCUT2D eigenvalue weighted by Gasteiger charge is 2.02. The molecule has 0 atom stereocenters. The molecule has 0 spiro atoms. The fraction of sp³-hybridized carbons (Fsp3) is 0.600. The first kappa shape index (κ1) is 17.4. The molecule has 0 amide bonds. The summed E-state index contributed by atoms with van der Waals surface area (Å²) in [6, 6.07) is 6.05. The number of nitrogens with one attached hydrogen (secondary N) is 1. The Bertz CT molecular complexity index is 374. The molecule has 1 N–H and O–H groups in total. The molecule has 20 heavy (non-hydrogen) atoms. The Morgan fingerprint density at radius 2 is 1.95 bits per heavy atom. The maximum absolute atomic E-state index is 5.41. The molecule has 0 saturated heterocycles. The van der Waals surface area contributed by atoms with Crippen molar-refractivity contribution in [2.45, 2.75) is 19.4 Å². The molecule has 1 rings (SSSR count). The van der Waals surface area contributed by atoms with E-state index in [0.29, 0.717) is 13.2 Å². The molecule has 0 fully saturated rings. The van der Waals surface area contributed by atoms with Gasteiger partial charge in [-0.2, -0.15) is 0 Å². The Morgan fingerprint density at radius 3 is 2.70 bits per heavy atom. The fourth-order valence-corrected chi connectivity index (χ4v) is 2.22. The molecule has 0 saturated carbocycles. The van der Waals surface area contributed by atoms with Gasteiger partial charge in [0.15, 0.2) is 0 Å². The van der Waals surface area contributed by atoms with Crippen molar-refractivity contribution in [1.82, 2.24) is 5.32 Å². The second kappa shape index (κ2) is 11.1. The summed E-state index contributed by atoms with van der Waals surface area (Å²) in [5.74, 6) is 0.920. The summed E-state index contributed by atoms with van der Waals surface area (Å²) < 4.78 is 16.7. The van der Waals surface area contributed by atoms with Crippen LogP contribution in [0.2, 0.25) is 0 Å². The van der Waals surface area contributed by atoms with Crippen molar-refractivity contribution in [3.8, 4) is 5.75 Å². The zero-order valence-corrected chi connectivity index (χ0v) is 13.9. The van der Waals surface area contributed by atoms with Gasteiger partial charge in [-0.1, -0.05) is 15.9 Å². The summed E-state index contributed by atoms with van der Waals surface area (Å²) in [6.07, 6.45) is 2.16. The highest BCUT2D eigenvalue weighted by atomic mass is 79.9. The van der Waals surface area contributed by atoms with Crippen molar-refractivity contribution in [3.05, 3.63) is 28.2 Å². The van der Waals surface area contributed by atoms with Gasteiger partial charge in [-0.05, 0) is 37.6 Å². The van der Waals surface area contributed by atoms with Gasteiger partial charge in [0.25, 0.3) is 0 Å². The lowest BCUT2D eigenvalue weighted by Gasteiger charge is -2.10. The second-order valence-corrected chi connectivity index (χ2v) is 5.36. The van der Waals surface area contributed by atoms with Crippen LogP contribution in [0.3, 0.4) is 0 Å². The van der Waals surface area contributed by atoms with E-state index in [1.807, 2.05) is 12.1 Å². The average molecular weight is 346 g/mol. The number of rotatable bonds is 11. The van der Waals surface area contributed by atoms with Crippen LogP contribution in [0, 0.1) is 0 Å². The van der Waals surface area contributed by atoms with Crippen LogP contribution >= 0.6 is 15.9 Å². The van der Waals surface area contributed by atoms with Crippen molar-refractivity contribution < 1.29 is 14.2 Å². The van der Waals surface area contributed by atoms with Crippen LogP contribution in [-0.2, 0) is 16.0 Å². The maximum atomic E-state index is 5.41. The normalized spacial score (nSPS) is 10.8. The van der Waals surface area contributed by atoms with Crippen LogP contribution in [0.1, 0.15) is 18.4 Å². The Labute approximate surface area is 129 Å². The van der Waals surface area contributed by atoms with E-state index < -0.39 is 0 Å². The van der Waals surface area contributed by atoms with Gasteiger partial charge >= 0.3 is 0 Å². The lowest BCUT2D eigenvalue weighted by molar-refractivity contribution is 0.0688. The molecule has 0 bridgehead atoms. The van der Waals surface area contributed by atoms with Crippen molar-refractivity contribution in [2.75, 3.05) is 40.6 Å². The highest BCUT2D eigenvalue weighted by molar-refractivity contribution is 9.10. The summed E-state index contributed by atoms with van der Waals surface area (Å²) in [5, 5.41) is 3.42. The lowest BCUT2D eigenvalue weighted by Crippen LogP contribution is -2.16. The van der Waals surface area contributed by atoms with Gasteiger partial charge in [0.05, 0.1) is 20.3 Å². The third-order valence-corrected chi connectivity index (χ3v) is 3.38. The number of hydrogen-bond donors (Lipinski definition) is 1. The van der Waals surface area contributed by atoms with Crippen molar-refractivity contribution in [2.24, 2.45) is 0 Å². The molecule has 0 unspecified atom stereocenters. The van der Waals surface area contributed by atoms with Gasteiger partial charge in [-0.25, -0.2) is 0 Å². The molecular weight excluding hydrogens is 322 g/mol. The van der Waals surface area contributed by atoms with Crippen LogP contribution in [-0.4, -0.2) is 40.6 Å². The third kappa shape index (κ3) is 7.24. The van der Waals surface area contributed by atoms with Gasteiger partial charge in [0.1, 0.15) is 5.75 Å². The van der Waals surface area contributed by atoms with E-state index in [1.54, 1.807) is 14.2 Å². The maximum Gasteiger partial charge on any atom is 0.123 e. The second-order valence-electron chi connectivity index (χ2n) is 4.45. The first-order valence-electron chi connectivity index (χ1n) is 6.87. The number of benzene rings is 1. The van der Waals surface area contributed by atoms with Gasteiger partial charge < -0.3 is 19.5 Å². The molecule has 0 radical (unpaired) electrons. The third-order valence-electron chi connectivity index (χ3n) is 2.88. The molecule has 0 aliphatic rings. The van der Waals surface area contributed by atoms with Crippen molar-refractivity contribution in [3.63, 3.8) is 0 Å². The standard InChI is InChI=1S/C15H24BrNO3/c1-18-9-10-20-8-4-3-7-17-12-13-11-14(16)5-6-15(13)19-2/h5-6,11,17H,3-4,7-10,12H2,1-2H3. The first-order valence-corrected chi connectivity index (χ1v) is 7.67. The Morgan fingerprint density at radius 1 is 1.10 bits per heavy atom. The summed E-state index contributed by atoms with van der Waals surface area (Å²) in [6.45, 7) is 3.93.